The molecule has 22 heavy (non-hydrogen) atoms. The van der Waals surface area contributed by atoms with Crippen molar-refractivity contribution in [1.29, 1.82) is 0 Å². The minimum absolute atomic E-state index is 0.256. The molecule has 1 aromatic heterocycles. The second-order valence-electron chi connectivity index (χ2n) is 4.75. The van der Waals surface area contributed by atoms with Crippen LogP contribution in [0.5, 0.6) is 5.75 Å². The summed E-state index contributed by atoms with van der Waals surface area (Å²) < 4.78 is 5.25. The Hall–Kier alpha value is -3.08. The molecule has 0 fully saturated rings. The predicted octanol–water partition coefficient (Wildman–Crippen LogP) is 3.69. The number of carboxylic acid groups (broad SMARTS) is 1. The number of aromatic nitrogens is 1. The number of nitrogens with zero attached hydrogens (tertiary/aromatic N) is 1. The summed E-state index contributed by atoms with van der Waals surface area (Å²) in [5.41, 5.74) is 2.80. The van der Waals surface area contributed by atoms with Gasteiger partial charge in [-0.05, 0) is 48.5 Å². The van der Waals surface area contributed by atoms with Crippen molar-refractivity contribution in [3.8, 4) is 5.75 Å². The molecule has 110 valence electrons. The van der Waals surface area contributed by atoms with Crippen molar-refractivity contribution in [3.05, 3.63) is 60.3 Å². The SMILES string of the molecule is COc1ccc2nccc(Nc3ccc(C(=O)O)cc3)c2c1. The molecule has 2 N–H and O–H groups in total. The second kappa shape index (κ2) is 5.73. The standard InChI is InChI=1S/C17H14N2O3/c1-22-13-6-7-15-14(10-13)16(8-9-18-15)19-12-4-2-11(3-5-12)17(20)21/h2-10H,1H3,(H,18,19)(H,20,21). The maximum absolute atomic E-state index is 10.9. The molecular weight excluding hydrogens is 280 g/mol. The normalized spacial score (nSPS) is 10.4. The van der Waals surface area contributed by atoms with Gasteiger partial charge >= 0.3 is 5.97 Å². The predicted molar refractivity (Wildman–Crippen MR) is 85.0 cm³/mol. The number of methoxy groups -OCH3 is 1. The molecule has 5 nitrogen and oxygen atoms in total. The van der Waals surface area contributed by atoms with Crippen LogP contribution < -0.4 is 10.1 Å². The Labute approximate surface area is 127 Å². The molecule has 3 rings (SSSR count). The summed E-state index contributed by atoms with van der Waals surface area (Å²) >= 11 is 0. The van der Waals surface area contributed by atoms with E-state index in [0.29, 0.717) is 0 Å². The fourth-order valence-corrected chi connectivity index (χ4v) is 2.21. The Balaban J connectivity index is 1.97. The van der Waals surface area contributed by atoms with E-state index in [1.807, 2.05) is 24.3 Å². The van der Waals surface area contributed by atoms with Gasteiger partial charge in [0.2, 0.25) is 0 Å². The number of carboxylic acids is 1. The number of hydrogen-bond acceptors (Lipinski definition) is 4. The Bertz CT molecular complexity index is 829. The quantitative estimate of drug-likeness (QED) is 0.768. The largest absolute Gasteiger partial charge is 0.497 e. The lowest BCUT2D eigenvalue weighted by atomic mass is 10.1. The molecule has 0 spiro atoms. The Morgan fingerprint density at radius 3 is 2.59 bits per heavy atom. The summed E-state index contributed by atoms with van der Waals surface area (Å²) in [6.45, 7) is 0. The lowest BCUT2D eigenvalue weighted by Gasteiger charge is -2.10. The fourth-order valence-electron chi connectivity index (χ4n) is 2.21. The summed E-state index contributed by atoms with van der Waals surface area (Å²) in [4.78, 5) is 15.2. The molecule has 2 aromatic carbocycles. The zero-order chi connectivity index (χ0) is 15.5. The van der Waals surface area contributed by atoms with E-state index in [4.69, 9.17) is 9.84 Å². The van der Waals surface area contributed by atoms with E-state index in [2.05, 4.69) is 10.3 Å². The monoisotopic (exact) mass is 294 g/mol. The highest BCUT2D eigenvalue weighted by Crippen LogP contribution is 2.28. The average molecular weight is 294 g/mol. The Morgan fingerprint density at radius 2 is 1.91 bits per heavy atom. The molecule has 0 bridgehead atoms. The van der Waals surface area contributed by atoms with Crippen molar-refractivity contribution >= 4 is 28.2 Å². The number of carbonyl (C=O) groups is 1. The first kappa shape index (κ1) is 13.9. The molecule has 0 amide bonds. The van der Waals surface area contributed by atoms with Gasteiger partial charge in [-0.15, -0.1) is 0 Å². The molecule has 0 saturated heterocycles. The number of aromatic carboxylic acids is 1. The third-order valence-electron chi connectivity index (χ3n) is 3.36. The number of nitrogens with one attached hydrogen (secondary N) is 1. The maximum atomic E-state index is 10.9. The summed E-state index contributed by atoms with van der Waals surface area (Å²) in [5.74, 6) is -0.185. The summed E-state index contributed by atoms with van der Waals surface area (Å²) in [5, 5.41) is 13.1. The van der Waals surface area contributed by atoms with Gasteiger partial charge in [0.1, 0.15) is 5.75 Å². The number of hydrogen-bond donors (Lipinski definition) is 2. The van der Waals surface area contributed by atoms with Gasteiger partial charge < -0.3 is 15.2 Å². The van der Waals surface area contributed by atoms with Crippen LogP contribution in [0.15, 0.2) is 54.7 Å². The highest BCUT2D eigenvalue weighted by atomic mass is 16.5. The van der Waals surface area contributed by atoms with Crippen molar-refractivity contribution in [2.45, 2.75) is 0 Å². The molecule has 1 heterocycles. The van der Waals surface area contributed by atoms with Gasteiger partial charge in [-0.25, -0.2) is 4.79 Å². The highest BCUT2D eigenvalue weighted by molar-refractivity contribution is 5.94. The van der Waals surface area contributed by atoms with Crippen molar-refractivity contribution in [3.63, 3.8) is 0 Å². The lowest BCUT2D eigenvalue weighted by Crippen LogP contribution is -1.97. The Morgan fingerprint density at radius 1 is 1.14 bits per heavy atom. The molecule has 3 aromatic rings. The third kappa shape index (κ3) is 2.69. The zero-order valence-electron chi connectivity index (χ0n) is 11.9. The second-order valence-corrected chi connectivity index (χ2v) is 4.75. The van der Waals surface area contributed by atoms with E-state index >= 15 is 0 Å². The van der Waals surface area contributed by atoms with Crippen LogP contribution in [0, 0.1) is 0 Å². The number of anilines is 2. The minimum atomic E-state index is -0.939. The molecule has 0 aliphatic rings. The van der Waals surface area contributed by atoms with Crippen molar-refractivity contribution in [2.24, 2.45) is 0 Å². The van der Waals surface area contributed by atoms with Gasteiger partial charge in [0.05, 0.1) is 18.2 Å². The van der Waals surface area contributed by atoms with Crippen LogP contribution in [0.2, 0.25) is 0 Å². The van der Waals surface area contributed by atoms with Gasteiger partial charge in [0, 0.05) is 23.0 Å². The molecule has 0 aliphatic carbocycles. The van der Waals surface area contributed by atoms with E-state index in [9.17, 15) is 4.79 Å². The summed E-state index contributed by atoms with van der Waals surface area (Å²) in [6.07, 6.45) is 1.72. The molecule has 0 unspecified atom stereocenters. The van der Waals surface area contributed by atoms with Crippen LogP contribution in [0.3, 0.4) is 0 Å². The van der Waals surface area contributed by atoms with E-state index in [0.717, 1.165) is 28.0 Å². The highest BCUT2D eigenvalue weighted by Gasteiger charge is 2.06. The van der Waals surface area contributed by atoms with Crippen LogP contribution in [-0.4, -0.2) is 23.2 Å². The first-order valence-electron chi connectivity index (χ1n) is 6.70. The number of fused-ring (bicyclic) bond motifs is 1. The molecule has 5 heteroatoms. The lowest BCUT2D eigenvalue weighted by molar-refractivity contribution is 0.0697. The van der Waals surface area contributed by atoms with Crippen LogP contribution in [0.1, 0.15) is 10.4 Å². The molecule has 0 radical (unpaired) electrons. The minimum Gasteiger partial charge on any atom is -0.497 e. The number of benzene rings is 2. The average Bonchev–Trinajstić information content (AvgIpc) is 2.55. The first-order chi connectivity index (χ1) is 10.7. The molecular formula is C17H14N2O3. The number of pyridine rings is 1. The van der Waals surface area contributed by atoms with Crippen LogP contribution >= 0.6 is 0 Å². The van der Waals surface area contributed by atoms with Gasteiger partial charge in [-0.1, -0.05) is 0 Å². The fraction of sp³-hybridized carbons (Fsp3) is 0.0588. The van der Waals surface area contributed by atoms with E-state index < -0.39 is 5.97 Å². The van der Waals surface area contributed by atoms with Crippen LogP contribution in [-0.2, 0) is 0 Å². The molecule has 0 aliphatic heterocycles. The van der Waals surface area contributed by atoms with Gasteiger partial charge in [-0.2, -0.15) is 0 Å². The van der Waals surface area contributed by atoms with Crippen molar-refractivity contribution in [1.82, 2.24) is 4.98 Å². The van der Waals surface area contributed by atoms with Crippen LogP contribution in [0.4, 0.5) is 11.4 Å². The van der Waals surface area contributed by atoms with Gasteiger partial charge in [0.25, 0.3) is 0 Å². The van der Waals surface area contributed by atoms with Crippen molar-refractivity contribution < 1.29 is 14.6 Å². The first-order valence-corrected chi connectivity index (χ1v) is 6.70. The van der Waals surface area contributed by atoms with Gasteiger partial charge in [0.15, 0.2) is 0 Å². The summed E-state index contributed by atoms with van der Waals surface area (Å²) in [7, 11) is 1.62. The van der Waals surface area contributed by atoms with Gasteiger partial charge in [-0.3, -0.25) is 4.98 Å². The molecule has 0 saturated carbocycles. The zero-order valence-corrected chi connectivity index (χ0v) is 11.9. The third-order valence-corrected chi connectivity index (χ3v) is 3.36. The Kier molecular flexibility index (Phi) is 3.62. The van der Waals surface area contributed by atoms with Crippen LogP contribution in [0.25, 0.3) is 10.9 Å². The van der Waals surface area contributed by atoms with Crippen molar-refractivity contribution in [2.75, 3.05) is 12.4 Å². The number of rotatable bonds is 4. The number of ether oxygens (including phenoxy) is 1. The van der Waals surface area contributed by atoms with E-state index in [1.54, 1.807) is 37.6 Å². The summed E-state index contributed by atoms with van der Waals surface area (Å²) in [6, 6.07) is 14.1. The van der Waals surface area contributed by atoms with E-state index in [1.165, 1.54) is 0 Å². The maximum Gasteiger partial charge on any atom is 0.335 e. The topological polar surface area (TPSA) is 71.5 Å². The molecule has 0 atom stereocenters. The smallest absolute Gasteiger partial charge is 0.335 e. The van der Waals surface area contributed by atoms with E-state index in [-0.39, 0.29) is 5.56 Å².